The SMILES string of the molecule is O=C(CN1CCCC(CO)C1)Nc1ccc(OC(F)F)cc1. The molecule has 5 nitrogen and oxygen atoms in total. The van der Waals surface area contributed by atoms with E-state index < -0.39 is 6.61 Å². The topological polar surface area (TPSA) is 61.8 Å². The lowest BCUT2D eigenvalue weighted by atomic mass is 9.99. The van der Waals surface area contributed by atoms with Crippen molar-refractivity contribution < 1.29 is 23.4 Å². The molecule has 0 aromatic heterocycles. The van der Waals surface area contributed by atoms with E-state index in [2.05, 4.69) is 10.1 Å². The molecule has 0 aliphatic carbocycles. The number of ether oxygens (including phenoxy) is 1. The third-order valence-corrected chi connectivity index (χ3v) is 3.59. The van der Waals surface area contributed by atoms with E-state index in [1.807, 2.05) is 4.90 Å². The van der Waals surface area contributed by atoms with Crippen molar-refractivity contribution in [3.05, 3.63) is 24.3 Å². The fourth-order valence-corrected chi connectivity index (χ4v) is 2.57. The molecule has 1 heterocycles. The molecule has 1 saturated heterocycles. The summed E-state index contributed by atoms with van der Waals surface area (Å²) in [5, 5.41) is 11.9. The minimum atomic E-state index is -2.86. The third kappa shape index (κ3) is 5.23. The fourth-order valence-electron chi connectivity index (χ4n) is 2.57. The largest absolute Gasteiger partial charge is 0.435 e. The van der Waals surface area contributed by atoms with E-state index in [4.69, 9.17) is 0 Å². The van der Waals surface area contributed by atoms with Gasteiger partial charge in [0.25, 0.3) is 0 Å². The Bertz CT molecular complexity index is 482. The Morgan fingerprint density at radius 2 is 2.14 bits per heavy atom. The van der Waals surface area contributed by atoms with Crippen molar-refractivity contribution in [1.82, 2.24) is 4.90 Å². The van der Waals surface area contributed by atoms with Gasteiger partial charge in [-0.25, -0.2) is 0 Å². The number of amides is 1. The van der Waals surface area contributed by atoms with Crippen molar-refractivity contribution in [2.24, 2.45) is 5.92 Å². The van der Waals surface area contributed by atoms with Gasteiger partial charge in [-0.2, -0.15) is 8.78 Å². The van der Waals surface area contributed by atoms with Crippen LogP contribution in [0.15, 0.2) is 24.3 Å². The van der Waals surface area contributed by atoms with Gasteiger partial charge in [0.15, 0.2) is 0 Å². The van der Waals surface area contributed by atoms with Gasteiger partial charge in [-0.05, 0) is 49.6 Å². The number of aliphatic hydroxyl groups excluding tert-OH is 1. The zero-order valence-electron chi connectivity index (χ0n) is 12.2. The van der Waals surface area contributed by atoms with Gasteiger partial charge >= 0.3 is 6.61 Å². The molecule has 1 aromatic rings. The van der Waals surface area contributed by atoms with Crippen LogP contribution in [-0.2, 0) is 4.79 Å². The van der Waals surface area contributed by atoms with Crippen LogP contribution in [0, 0.1) is 5.92 Å². The van der Waals surface area contributed by atoms with Gasteiger partial charge in [0.2, 0.25) is 5.91 Å². The molecule has 1 aliphatic rings. The average molecular weight is 314 g/mol. The van der Waals surface area contributed by atoms with Gasteiger partial charge in [-0.15, -0.1) is 0 Å². The Hall–Kier alpha value is -1.73. The van der Waals surface area contributed by atoms with Crippen molar-refractivity contribution in [2.75, 3.05) is 31.6 Å². The minimum Gasteiger partial charge on any atom is -0.435 e. The van der Waals surface area contributed by atoms with Crippen LogP contribution in [0.25, 0.3) is 0 Å². The summed E-state index contributed by atoms with van der Waals surface area (Å²) < 4.78 is 28.3. The van der Waals surface area contributed by atoms with Gasteiger partial charge in [0, 0.05) is 18.8 Å². The zero-order valence-corrected chi connectivity index (χ0v) is 12.2. The molecule has 2 N–H and O–H groups in total. The van der Waals surface area contributed by atoms with Crippen LogP contribution in [0.4, 0.5) is 14.5 Å². The monoisotopic (exact) mass is 314 g/mol. The predicted octanol–water partition coefficient (Wildman–Crippen LogP) is 1.93. The Labute approximate surface area is 127 Å². The number of benzene rings is 1. The normalized spacial score (nSPS) is 19.2. The first-order valence-electron chi connectivity index (χ1n) is 7.24. The van der Waals surface area contributed by atoms with E-state index in [1.54, 1.807) is 0 Å². The average Bonchev–Trinajstić information content (AvgIpc) is 2.49. The zero-order chi connectivity index (χ0) is 15.9. The maximum Gasteiger partial charge on any atom is 0.387 e. The summed E-state index contributed by atoms with van der Waals surface area (Å²) in [6.45, 7) is -0.912. The number of hydrogen-bond acceptors (Lipinski definition) is 4. The highest BCUT2D eigenvalue weighted by Crippen LogP contribution is 2.18. The first-order chi connectivity index (χ1) is 10.6. The summed E-state index contributed by atoms with van der Waals surface area (Å²) in [5.74, 6) is 0.114. The number of halogens is 2. The molecule has 0 radical (unpaired) electrons. The number of likely N-dealkylation sites (tertiary alicyclic amines) is 1. The molecule has 1 aromatic carbocycles. The van der Waals surface area contributed by atoms with Crippen molar-refractivity contribution in [3.8, 4) is 5.75 Å². The summed E-state index contributed by atoms with van der Waals surface area (Å²) in [6.07, 6.45) is 1.96. The molecular weight excluding hydrogens is 294 g/mol. The van der Waals surface area contributed by atoms with E-state index in [-0.39, 0.29) is 30.7 Å². The molecule has 0 spiro atoms. The Morgan fingerprint density at radius 1 is 1.41 bits per heavy atom. The standard InChI is InChI=1S/C15H20F2N2O3/c16-15(17)22-13-5-3-12(4-6-13)18-14(21)9-19-7-1-2-11(8-19)10-20/h3-6,11,15,20H,1-2,7-10H2,(H,18,21). The predicted molar refractivity (Wildman–Crippen MR) is 78.0 cm³/mol. The van der Waals surface area contributed by atoms with Crippen LogP contribution >= 0.6 is 0 Å². The van der Waals surface area contributed by atoms with Gasteiger partial charge in [0.1, 0.15) is 5.75 Å². The second-order valence-electron chi connectivity index (χ2n) is 5.38. The lowest BCUT2D eigenvalue weighted by Gasteiger charge is -2.31. The van der Waals surface area contributed by atoms with Crippen LogP contribution in [0.5, 0.6) is 5.75 Å². The van der Waals surface area contributed by atoms with E-state index >= 15 is 0 Å². The number of aliphatic hydroxyl groups is 1. The van der Waals surface area contributed by atoms with Gasteiger partial charge < -0.3 is 15.2 Å². The number of piperidine rings is 1. The molecule has 1 aliphatic heterocycles. The number of rotatable bonds is 6. The summed E-state index contributed by atoms with van der Waals surface area (Å²) in [5.41, 5.74) is 0.530. The first kappa shape index (κ1) is 16.6. The van der Waals surface area contributed by atoms with E-state index in [9.17, 15) is 18.7 Å². The number of nitrogens with zero attached hydrogens (tertiary/aromatic N) is 1. The van der Waals surface area contributed by atoms with Crippen molar-refractivity contribution in [1.29, 1.82) is 0 Å². The number of alkyl halides is 2. The van der Waals surface area contributed by atoms with Crippen molar-refractivity contribution in [2.45, 2.75) is 19.5 Å². The van der Waals surface area contributed by atoms with E-state index in [1.165, 1.54) is 24.3 Å². The number of anilines is 1. The molecule has 1 atom stereocenters. The van der Waals surface area contributed by atoms with E-state index in [0.717, 1.165) is 19.4 Å². The van der Waals surface area contributed by atoms with Gasteiger partial charge in [-0.1, -0.05) is 0 Å². The second kappa shape index (κ2) is 8.05. The summed E-state index contributed by atoms with van der Waals surface area (Å²) >= 11 is 0. The van der Waals surface area contributed by atoms with Crippen molar-refractivity contribution >= 4 is 11.6 Å². The van der Waals surface area contributed by atoms with Crippen LogP contribution in [0.3, 0.4) is 0 Å². The molecule has 1 fully saturated rings. The quantitative estimate of drug-likeness (QED) is 0.842. The number of nitrogens with one attached hydrogen (secondary N) is 1. The smallest absolute Gasteiger partial charge is 0.387 e. The molecule has 0 bridgehead atoms. The van der Waals surface area contributed by atoms with Gasteiger partial charge in [0.05, 0.1) is 6.54 Å². The first-order valence-corrected chi connectivity index (χ1v) is 7.24. The Morgan fingerprint density at radius 3 is 2.77 bits per heavy atom. The molecule has 1 amide bonds. The molecule has 122 valence electrons. The Kier molecular flexibility index (Phi) is 6.09. The maximum absolute atomic E-state index is 12.0. The molecule has 2 rings (SSSR count). The van der Waals surface area contributed by atoms with Crippen LogP contribution in [-0.4, -0.2) is 48.8 Å². The minimum absolute atomic E-state index is 0.0508. The lowest BCUT2D eigenvalue weighted by molar-refractivity contribution is -0.117. The molecular formula is C15H20F2N2O3. The lowest BCUT2D eigenvalue weighted by Crippen LogP contribution is -2.41. The van der Waals surface area contributed by atoms with Crippen LogP contribution < -0.4 is 10.1 Å². The highest BCUT2D eigenvalue weighted by Gasteiger charge is 2.20. The molecule has 0 saturated carbocycles. The third-order valence-electron chi connectivity index (χ3n) is 3.59. The number of carbonyl (C=O) groups is 1. The van der Waals surface area contributed by atoms with Crippen LogP contribution in [0.2, 0.25) is 0 Å². The summed E-state index contributed by atoms with van der Waals surface area (Å²) in [4.78, 5) is 14.0. The van der Waals surface area contributed by atoms with E-state index in [0.29, 0.717) is 12.2 Å². The molecule has 22 heavy (non-hydrogen) atoms. The maximum atomic E-state index is 12.0. The highest BCUT2D eigenvalue weighted by molar-refractivity contribution is 5.92. The Balaban J connectivity index is 1.81. The molecule has 7 heteroatoms. The summed E-state index contributed by atoms with van der Waals surface area (Å²) in [7, 11) is 0. The highest BCUT2D eigenvalue weighted by atomic mass is 19.3. The van der Waals surface area contributed by atoms with Crippen molar-refractivity contribution in [3.63, 3.8) is 0 Å². The van der Waals surface area contributed by atoms with Crippen LogP contribution in [0.1, 0.15) is 12.8 Å². The second-order valence-corrected chi connectivity index (χ2v) is 5.38. The number of carbonyl (C=O) groups excluding carboxylic acids is 1. The van der Waals surface area contributed by atoms with Gasteiger partial charge in [-0.3, -0.25) is 9.69 Å². The fraction of sp³-hybridized carbons (Fsp3) is 0.533. The summed E-state index contributed by atoms with van der Waals surface area (Å²) in [6, 6.07) is 5.79. The number of hydrogen-bond donors (Lipinski definition) is 2. The molecule has 1 unspecified atom stereocenters.